The smallest absolute Gasteiger partial charge is 0.227 e. The zero-order valence-electron chi connectivity index (χ0n) is 23.2. The van der Waals surface area contributed by atoms with Crippen molar-refractivity contribution in [1.82, 2.24) is 35.6 Å². The topological polar surface area (TPSA) is 130 Å². The lowest BCUT2D eigenvalue weighted by Crippen LogP contribution is -2.49. The molecule has 0 spiro atoms. The van der Waals surface area contributed by atoms with Gasteiger partial charge in [0.05, 0.1) is 6.04 Å². The molecule has 11 nitrogen and oxygen atoms in total. The number of H-pyrrole nitrogens is 1. The molecule has 3 aliphatic rings. The van der Waals surface area contributed by atoms with Crippen molar-refractivity contribution in [2.45, 2.75) is 63.5 Å². The monoisotopic (exact) mass is 589 g/mol. The number of halogens is 1. The van der Waals surface area contributed by atoms with Gasteiger partial charge in [0.1, 0.15) is 18.1 Å². The van der Waals surface area contributed by atoms with Crippen LogP contribution in [0.15, 0.2) is 40.9 Å². The second-order valence-electron chi connectivity index (χ2n) is 11.4. The molecular weight excluding hydrogens is 558 g/mol. The van der Waals surface area contributed by atoms with Crippen LogP contribution in [-0.2, 0) is 22.6 Å². The molecule has 1 aliphatic carbocycles. The number of aromatic amines is 1. The van der Waals surface area contributed by atoms with Crippen molar-refractivity contribution in [3.8, 4) is 5.75 Å². The summed E-state index contributed by atoms with van der Waals surface area (Å²) in [5.74, 6) is 1.02. The van der Waals surface area contributed by atoms with E-state index in [0.29, 0.717) is 60.3 Å². The zero-order valence-corrected chi connectivity index (χ0v) is 23.9. The summed E-state index contributed by atoms with van der Waals surface area (Å²) in [5.41, 5.74) is 3.20. The maximum Gasteiger partial charge on any atom is 0.227 e. The average molecular weight is 590 g/mol. The third-order valence-corrected chi connectivity index (χ3v) is 9.37. The van der Waals surface area contributed by atoms with Gasteiger partial charge in [-0.15, -0.1) is 10.2 Å². The Morgan fingerprint density at radius 2 is 1.98 bits per heavy atom. The van der Waals surface area contributed by atoms with E-state index >= 15 is 0 Å². The molecular formula is C30H32ClN7O4. The fraction of sp³-hybridized carbons (Fsp3) is 0.467. The Kier molecular flexibility index (Phi) is 7.27. The highest BCUT2D eigenvalue weighted by atomic mass is 35.5. The summed E-state index contributed by atoms with van der Waals surface area (Å²) in [6, 6.07) is 11.0. The van der Waals surface area contributed by atoms with Crippen molar-refractivity contribution in [2.75, 3.05) is 19.6 Å². The van der Waals surface area contributed by atoms with Gasteiger partial charge in [-0.2, -0.15) is 5.21 Å². The molecule has 2 aliphatic heterocycles. The minimum Gasteiger partial charge on any atom is -0.487 e. The molecule has 1 saturated heterocycles. The van der Waals surface area contributed by atoms with Crippen LogP contribution < -0.4 is 4.74 Å². The first-order valence-electron chi connectivity index (χ1n) is 14.7. The van der Waals surface area contributed by atoms with E-state index in [4.69, 9.17) is 20.9 Å². The number of rotatable bonds is 7. The lowest BCUT2D eigenvalue weighted by molar-refractivity contribution is -0.142. The zero-order chi connectivity index (χ0) is 28.6. The molecule has 42 heavy (non-hydrogen) atoms. The quantitative estimate of drug-likeness (QED) is 0.331. The van der Waals surface area contributed by atoms with Crippen LogP contribution in [0.2, 0.25) is 5.02 Å². The van der Waals surface area contributed by atoms with Crippen LogP contribution in [0, 0.1) is 5.92 Å². The molecule has 12 heteroatoms. The van der Waals surface area contributed by atoms with E-state index < -0.39 is 6.04 Å². The van der Waals surface area contributed by atoms with Gasteiger partial charge in [-0.1, -0.05) is 46.9 Å². The Bertz CT molecular complexity index is 1610. The molecule has 2 aromatic heterocycles. The van der Waals surface area contributed by atoms with Gasteiger partial charge >= 0.3 is 0 Å². The average Bonchev–Trinajstić information content (AvgIpc) is 3.79. The maximum absolute atomic E-state index is 14.5. The summed E-state index contributed by atoms with van der Waals surface area (Å²) >= 11 is 6.78. The number of para-hydroxylation sites is 1. The number of carbonyl (C=O) groups is 2. The van der Waals surface area contributed by atoms with E-state index in [9.17, 15) is 9.59 Å². The Hall–Kier alpha value is -3.99. The predicted octanol–water partition coefficient (Wildman–Crippen LogP) is 4.60. The standard InChI is InChI=1S/C30H32ClN7O4/c31-22-11-12-26(41-17-23-21-8-3-4-9-25(21)42-34-23)28-20(22)13-15-38(24(28)16-37-14-5-10-27(37)39)30(40)19-7-2-1-6-18(19)29-32-35-36-33-29/h3-4,8-9,11-12,18-19,24H,1-2,5-7,10,13-17H2,(H,32,33,35,36)/t18-,19+,24+/m0/s1. The number of ether oxygens (including phenoxy) is 1. The molecule has 2 aromatic carbocycles. The highest BCUT2D eigenvalue weighted by Crippen LogP contribution is 2.44. The minimum absolute atomic E-state index is 0.0558. The van der Waals surface area contributed by atoms with E-state index in [1.165, 1.54) is 0 Å². The van der Waals surface area contributed by atoms with E-state index in [2.05, 4.69) is 25.8 Å². The summed E-state index contributed by atoms with van der Waals surface area (Å²) < 4.78 is 11.9. The first-order valence-corrected chi connectivity index (χ1v) is 15.0. The van der Waals surface area contributed by atoms with Crippen molar-refractivity contribution in [3.63, 3.8) is 0 Å². The van der Waals surface area contributed by atoms with Crippen molar-refractivity contribution in [1.29, 1.82) is 0 Å². The van der Waals surface area contributed by atoms with Crippen LogP contribution in [0.5, 0.6) is 5.75 Å². The normalized spacial score (nSPS) is 22.5. The first-order chi connectivity index (χ1) is 20.6. The Balaban J connectivity index is 1.24. The van der Waals surface area contributed by atoms with Gasteiger partial charge in [-0.25, -0.2) is 0 Å². The van der Waals surface area contributed by atoms with Crippen LogP contribution >= 0.6 is 11.6 Å². The SMILES string of the molecule is O=C1CCCN1C[C@@H]1c2c(OCc3noc4ccccc34)ccc(Cl)c2CCN1C(=O)[C@@H]1CCCC[C@@H]1c1nn[nH]n1. The predicted molar refractivity (Wildman–Crippen MR) is 153 cm³/mol. The number of nitrogens with one attached hydrogen (secondary N) is 1. The largest absolute Gasteiger partial charge is 0.487 e. The number of nitrogens with zero attached hydrogens (tertiary/aromatic N) is 6. The fourth-order valence-electron chi connectivity index (χ4n) is 6.93. The molecule has 0 bridgehead atoms. The third-order valence-electron chi connectivity index (χ3n) is 9.01. The van der Waals surface area contributed by atoms with Crippen molar-refractivity contribution in [3.05, 3.63) is 64.1 Å². The lowest BCUT2D eigenvalue weighted by Gasteiger charge is -2.43. The Labute approximate surface area is 247 Å². The van der Waals surface area contributed by atoms with Gasteiger partial charge in [0, 0.05) is 53.9 Å². The summed E-state index contributed by atoms with van der Waals surface area (Å²) in [7, 11) is 0. The van der Waals surface area contributed by atoms with E-state index in [1.54, 1.807) is 0 Å². The van der Waals surface area contributed by atoms with Gasteiger partial charge in [0.15, 0.2) is 11.4 Å². The number of likely N-dealkylation sites (tertiary alicyclic amines) is 1. The Morgan fingerprint density at radius 1 is 1.10 bits per heavy atom. The molecule has 7 rings (SSSR count). The van der Waals surface area contributed by atoms with Gasteiger partial charge in [0.2, 0.25) is 11.8 Å². The molecule has 218 valence electrons. The maximum atomic E-state index is 14.5. The highest BCUT2D eigenvalue weighted by Gasteiger charge is 2.43. The molecule has 2 amide bonds. The molecule has 0 unspecified atom stereocenters. The molecule has 3 atom stereocenters. The second-order valence-corrected chi connectivity index (χ2v) is 11.8. The van der Waals surface area contributed by atoms with E-state index in [0.717, 1.165) is 48.6 Å². The van der Waals surface area contributed by atoms with Crippen LogP contribution in [0.1, 0.15) is 73.1 Å². The number of benzene rings is 2. The molecule has 0 radical (unpaired) electrons. The van der Waals surface area contributed by atoms with Gasteiger partial charge in [-0.3, -0.25) is 9.59 Å². The lowest BCUT2D eigenvalue weighted by atomic mass is 9.77. The third kappa shape index (κ3) is 4.89. The molecule has 4 heterocycles. The number of tetrazole rings is 1. The summed E-state index contributed by atoms with van der Waals surface area (Å²) in [4.78, 5) is 31.1. The summed E-state index contributed by atoms with van der Waals surface area (Å²) in [6.07, 6.45) is 5.50. The molecule has 1 saturated carbocycles. The van der Waals surface area contributed by atoms with E-state index in [-0.39, 0.29) is 30.3 Å². The number of hydrogen-bond acceptors (Lipinski definition) is 8. The van der Waals surface area contributed by atoms with Crippen LogP contribution in [0.4, 0.5) is 0 Å². The van der Waals surface area contributed by atoms with Gasteiger partial charge < -0.3 is 19.1 Å². The molecule has 2 fully saturated rings. The van der Waals surface area contributed by atoms with Crippen molar-refractivity contribution >= 4 is 34.4 Å². The number of amides is 2. The van der Waals surface area contributed by atoms with Crippen LogP contribution in [0.3, 0.4) is 0 Å². The number of aromatic nitrogens is 5. The van der Waals surface area contributed by atoms with Crippen LogP contribution in [-0.4, -0.2) is 67.0 Å². The number of carbonyl (C=O) groups excluding carboxylic acids is 2. The highest BCUT2D eigenvalue weighted by molar-refractivity contribution is 6.31. The first kappa shape index (κ1) is 26.9. The van der Waals surface area contributed by atoms with Crippen LogP contribution in [0.25, 0.3) is 11.0 Å². The minimum atomic E-state index is -0.404. The number of hydrogen-bond donors (Lipinski definition) is 1. The number of fused-ring (bicyclic) bond motifs is 2. The van der Waals surface area contributed by atoms with E-state index in [1.807, 2.05) is 46.2 Å². The molecule has 4 aromatic rings. The summed E-state index contributed by atoms with van der Waals surface area (Å²) in [5, 5.41) is 20.5. The summed E-state index contributed by atoms with van der Waals surface area (Å²) in [6.45, 7) is 1.76. The van der Waals surface area contributed by atoms with Crippen molar-refractivity contribution in [2.24, 2.45) is 5.92 Å². The van der Waals surface area contributed by atoms with Crippen molar-refractivity contribution < 1.29 is 18.8 Å². The second kappa shape index (κ2) is 11.4. The fourth-order valence-corrected chi connectivity index (χ4v) is 7.19. The molecule has 1 N–H and O–H groups in total. The van der Waals surface area contributed by atoms with Gasteiger partial charge in [0.25, 0.3) is 0 Å². The Morgan fingerprint density at radius 3 is 2.81 bits per heavy atom. The van der Waals surface area contributed by atoms with Gasteiger partial charge in [-0.05, 0) is 55.5 Å².